The van der Waals surface area contributed by atoms with Gasteiger partial charge in [0.2, 0.25) is 0 Å². The Bertz CT molecular complexity index is 412. The fraction of sp³-hybridized carbons (Fsp3) is 0.385. The van der Waals surface area contributed by atoms with Crippen molar-refractivity contribution < 1.29 is 9.11 Å². The quantitative estimate of drug-likeness (QED) is 0.751. The third kappa shape index (κ3) is 4.06. The van der Waals surface area contributed by atoms with E-state index < -0.39 is 10.6 Å². The van der Waals surface area contributed by atoms with Gasteiger partial charge in [-0.05, 0) is 12.1 Å². The van der Waals surface area contributed by atoms with Crippen molar-refractivity contribution in [1.82, 2.24) is 4.90 Å². The number of benzene rings is 1. The molecule has 4 heteroatoms. The molecule has 17 heavy (non-hydrogen) atoms. The van der Waals surface area contributed by atoms with Crippen LogP contribution >= 0.6 is 10.6 Å². The second-order valence-electron chi connectivity index (χ2n) is 4.15. The van der Waals surface area contributed by atoms with Crippen molar-refractivity contribution in [3.05, 3.63) is 35.9 Å². The summed E-state index contributed by atoms with van der Waals surface area (Å²) in [7, 11) is -2.28. The monoisotopic (exact) mass is 251 g/mol. The largest absolute Gasteiger partial charge is 0.299 e. The number of hydrogen-bond acceptors (Lipinski definition) is 3. The van der Waals surface area contributed by atoms with Crippen LogP contribution in [0.5, 0.6) is 0 Å². The van der Waals surface area contributed by atoms with Gasteiger partial charge in [-0.2, -0.15) is 10.6 Å². The Morgan fingerprint density at radius 2 is 1.76 bits per heavy atom. The Hall–Kier alpha value is -0.990. The van der Waals surface area contributed by atoms with E-state index in [4.69, 9.17) is 0 Å². The van der Waals surface area contributed by atoms with Gasteiger partial charge in [-0.3, -0.25) is 14.0 Å². The predicted octanol–water partition coefficient (Wildman–Crippen LogP) is 2.10. The Morgan fingerprint density at radius 3 is 2.41 bits per heavy atom. The van der Waals surface area contributed by atoms with E-state index in [1.165, 1.54) is 0 Å². The van der Waals surface area contributed by atoms with E-state index in [0.29, 0.717) is 18.1 Å². The molecule has 92 valence electrons. The Morgan fingerprint density at radius 1 is 1.12 bits per heavy atom. The van der Waals surface area contributed by atoms with Gasteiger partial charge in [0.25, 0.3) is 0 Å². The first-order valence-corrected chi connectivity index (χ1v) is 7.54. The molecule has 2 rings (SSSR count). The summed E-state index contributed by atoms with van der Waals surface area (Å²) < 4.78 is 18.9. The molecule has 0 unspecified atom stereocenters. The minimum atomic E-state index is -2.28. The number of nitrogens with zero attached hydrogens (tertiary/aromatic N) is 1. The van der Waals surface area contributed by atoms with Gasteiger partial charge < -0.3 is 0 Å². The minimum absolute atomic E-state index is 0.486. The van der Waals surface area contributed by atoms with Crippen molar-refractivity contribution in [1.29, 1.82) is 0 Å². The maximum Gasteiger partial charge on any atom is 0.0606 e. The lowest BCUT2D eigenvalue weighted by Gasteiger charge is -2.40. The molecule has 2 N–H and O–H groups in total. The normalized spacial score (nSPS) is 21.3. The summed E-state index contributed by atoms with van der Waals surface area (Å²) in [5.74, 6) is 7.20. The molecule has 1 aromatic carbocycles. The molecule has 1 fully saturated rings. The summed E-state index contributed by atoms with van der Waals surface area (Å²) >= 11 is 0. The molecule has 0 amide bonds. The highest BCUT2D eigenvalue weighted by atomic mass is 32.3. The molecular weight excluding hydrogens is 234 g/mol. The molecule has 1 heterocycles. The van der Waals surface area contributed by atoms with Crippen molar-refractivity contribution in [3.8, 4) is 11.8 Å². The molecule has 0 radical (unpaired) electrons. The van der Waals surface area contributed by atoms with Crippen LogP contribution in [0.2, 0.25) is 0 Å². The highest BCUT2D eigenvalue weighted by molar-refractivity contribution is 8.24. The van der Waals surface area contributed by atoms with E-state index in [-0.39, 0.29) is 0 Å². The third-order valence-corrected chi connectivity index (χ3v) is 4.45. The molecule has 1 aliphatic rings. The first kappa shape index (κ1) is 12.5. The summed E-state index contributed by atoms with van der Waals surface area (Å²) in [4.78, 5) is 2.16. The second kappa shape index (κ2) is 5.56. The van der Waals surface area contributed by atoms with Gasteiger partial charge in [0.05, 0.1) is 18.1 Å². The molecule has 3 nitrogen and oxygen atoms in total. The van der Waals surface area contributed by atoms with Crippen molar-refractivity contribution in [2.75, 3.05) is 31.1 Å². The zero-order chi connectivity index (χ0) is 12.1. The third-order valence-electron chi connectivity index (χ3n) is 2.78. The first-order chi connectivity index (χ1) is 8.16. The van der Waals surface area contributed by atoms with Crippen LogP contribution in [0, 0.1) is 11.8 Å². The molecule has 1 aliphatic heterocycles. The molecule has 0 bridgehead atoms. The van der Waals surface area contributed by atoms with Gasteiger partial charge >= 0.3 is 0 Å². The van der Waals surface area contributed by atoms with Crippen LogP contribution < -0.4 is 0 Å². The van der Waals surface area contributed by atoms with E-state index in [2.05, 4.69) is 16.7 Å². The molecule has 0 spiro atoms. The van der Waals surface area contributed by atoms with Crippen LogP contribution in [-0.4, -0.2) is 45.1 Å². The summed E-state index contributed by atoms with van der Waals surface area (Å²) in [5.41, 5.74) is 1.02. The highest BCUT2D eigenvalue weighted by Crippen LogP contribution is 2.40. The Kier molecular flexibility index (Phi) is 4.08. The maximum atomic E-state index is 9.47. The van der Waals surface area contributed by atoms with Gasteiger partial charge in [-0.1, -0.05) is 30.0 Å². The SMILES string of the molecule is OS1(O)CCN(CC#Cc2ccccc2)CC1. The van der Waals surface area contributed by atoms with E-state index in [1.807, 2.05) is 30.3 Å². The van der Waals surface area contributed by atoms with Gasteiger partial charge in [0.15, 0.2) is 0 Å². The average molecular weight is 251 g/mol. The summed E-state index contributed by atoms with van der Waals surface area (Å²) in [5, 5.41) is 0. The first-order valence-electron chi connectivity index (χ1n) is 5.66. The van der Waals surface area contributed by atoms with E-state index in [1.54, 1.807) is 0 Å². The minimum Gasteiger partial charge on any atom is -0.299 e. The molecule has 0 saturated carbocycles. The molecule has 0 atom stereocenters. The van der Waals surface area contributed by atoms with Gasteiger partial charge in [-0.15, -0.1) is 0 Å². The fourth-order valence-corrected chi connectivity index (χ4v) is 3.00. The zero-order valence-electron chi connectivity index (χ0n) is 9.67. The highest BCUT2D eigenvalue weighted by Gasteiger charge is 2.20. The van der Waals surface area contributed by atoms with Crippen molar-refractivity contribution in [2.45, 2.75) is 0 Å². The number of rotatable bonds is 1. The Labute approximate surface area is 104 Å². The van der Waals surface area contributed by atoms with Gasteiger partial charge in [0, 0.05) is 18.7 Å². The van der Waals surface area contributed by atoms with E-state index in [0.717, 1.165) is 18.7 Å². The molecular formula is C13H17NO2S. The zero-order valence-corrected chi connectivity index (χ0v) is 10.5. The van der Waals surface area contributed by atoms with Crippen LogP contribution in [-0.2, 0) is 0 Å². The standard InChI is InChI=1S/C13H17NO2S/c15-17(16)11-9-14(10-12-17)8-4-7-13-5-2-1-3-6-13/h1-3,5-6,15-16H,8-12H2. The van der Waals surface area contributed by atoms with Crippen LogP contribution in [0.1, 0.15) is 5.56 Å². The molecule has 1 aromatic rings. The lowest BCUT2D eigenvalue weighted by molar-refractivity contribution is 0.318. The van der Waals surface area contributed by atoms with Crippen LogP contribution in [0.25, 0.3) is 0 Å². The molecule has 1 saturated heterocycles. The van der Waals surface area contributed by atoms with Crippen LogP contribution in [0.15, 0.2) is 30.3 Å². The summed E-state index contributed by atoms with van der Waals surface area (Å²) in [6, 6.07) is 9.89. The fourth-order valence-electron chi connectivity index (χ4n) is 1.70. The average Bonchev–Trinajstić information content (AvgIpc) is 2.33. The van der Waals surface area contributed by atoms with Crippen molar-refractivity contribution in [2.24, 2.45) is 0 Å². The topological polar surface area (TPSA) is 43.7 Å². The Balaban J connectivity index is 1.82. The summed E-state index contributed by atoms with van der Waals surface area (Å²) in [6.07, 6.45) is 0. The van der Waals surface area contributed by atoms with Gasteiger partial charge in [-0.25, -0.2) is 0 Å². The maximum absolute atomic E-state index is 9.47. The molecule has 0 aliphatic carbocycles. The van der Waals surface area contributed by atoms with Crippen molar-refractivity contribution in [3.63, 3.8) is 0 Å². The van der Waals surface area contributed by atoms with Crippen LogP contribution in [0.3, 0.4) is 0 Å². The van der Waals surface area contributed by atoms with Crippen molar-refractivity contribution >= 4 is 10.6 Å². The molecule has 0 aromatic heterocycles. The number of hydrogen-bond donors (Lipinski definition) is 2. The van der Waals surface area contributed by atoms with Gasteiger partial charge in [0.1, 0.15) is 0 Å². The summed E-state index contributed by atoms with van der Waals surface area (Å²) in [6.45, 7) is 2.15. The lowest BCUT2D eigenvalue weighted by Crippen LogP contribution is -2.38. The van der Waals surface area contributed by atoms with Crippen LogP contribution in [0.4, 0.5) is 0 Å². The predicted molar refractivity (Wildman–Crippen MR) is 72.3 cm³/mol. The van der Waals surface area contributed by atoms with E-state index in [9.17, 15) is 9.11 Å². The smallest absolute Gasteiger partial charge is 0.0606 e. The second-order valence-corrected chi connectivity index (χ2v) is 6.58. The lowest BCUT2D eigenvalue weighted by atomic mass is 10.2. The van der Waals surface area contributed by atoms with E-state index >= 15 is 0 Å².